The molecule has 0 radical (unpaired) electrons. The summed E-state index contributed by atoms with van der Waals surface area (Å²) in [6, 6.07) is 43.2. The molecule has 1 atom stereocenters. The van der Waals surface area contributed by atoms with Crippen LogP contribution in [-0.4, -0.2) is 21.8 Å². The van der Waals surface area contributed by atoms with Crippen molar-refractivity contribution in [2.75, 3.05) is 7.11 Å². The minimum atomic E-state index is -0.872. The van der Waals surface area contributed by atoms with Crippen LogP contribution in [0.2, 0.25) is 0 Å². The van der Waals surface area contributed by atoms with E-state index < -0.39 is 11.6 Å². The summed E-state index contributed by atoms with van der Waals surface area (Å²) in [7, 11) is 1.66. The van der Waals surface area contributed by atoms with Gasteiger partial charge in [-0.15, -0.1) is 0 Å². The normalized spacial score (nSPS) is 12.4. The molecule has 186 valence electrons. The van der Waals surface area contributed by atoms with Gasteiger partial charge in [0.05, 0.1) is 19.1 Å². The maximum Gasteiger partial charge on any atom is 0.123 e. The van der Waals surface area contributed by atoms with Crippen LogP contribution in [0, 0.1) is 0 Å². The summed E-state index contributed by atoms with van der Waals surface area (Å²) in [6.07, 6.45) is 2.93. The minimum absolute atomic E-state index is 0.588. The number of fused-ring (bicyclic) bond motifs is 1. The van der Waals surface area contributed by atoms with E-state index in [9.17, 15) is 5.11 Å². The zero-order valence-corrected chi connectivity index (χ0v) is 21.1. The second kappa shape index (κ2) is 10.0. The number of hydrogen-bond donors (Lipinski definition) is 1. The first-order valence-corrected chi connectivity index (χ1v) is 12.7. The number of ether oxygens (including phenoxy) is 1. The molecule has 1 unspecified atom stereocenters. The molecule has 4 nitrogen and oxygen atoms in total. The molecule has 4 heteroatoms. The molecule has 0 aliphatic carbocycles. The van der Waals surface area contributed by atoms with Crippen molar-refractivity contribution in [1.82, 2.24) is 9.55 Å². The zero-order valence-electron chi connectivity index (χ0n) is 21.1. The maximum atomic E-state index is 11.4. The number of hydrogen-bond acceptors (Lipinski definition) is 3. The highest BCUT2D eigenvalue weighted by molar-refractivity contribution is 5.84. The first-order chi connectivity index (χ1) is 18.7. The number of aliphatic hydroxyl groups excluding tert-OH is 1. The van der Waals surface area contributed by atoms with E-state index in [1.54, 1.807) is 7.11 Å². The van der Waals surface area contributed by atoms with Gasteiger partial charge in [0.15, 0.2) is 0 Å². The predicted molar refractivity (Wildman–Crippen MR) is 151 cm³/mol. The Labute approximate surface area is 222 Å². The third-order valence-corrected chi connectivity index (χ3v) is 7.23. The number of imidazole rings is 1. The van der Waals surface area contributed by atoms with Crippen LogP contribution in [0.25, 0.3) is 10.8 Å². The van der Waals surface area contributed by atoms with Crippen LogP contribution in [0.3, 0.4) is 0 Å². The average Bonchev–Trinajstić information content (AvgIpc) is 3.49. The van der Waals surface area contributed by atoms with E-state index in [2.05, 4.69) is 77.4 Å². The molecular formula is C34H28N2O2. The smallest absolute Gasteiger partial charge is 0.123 e. The fraction of sp³-hybridized carbons (Fsp3) is 0.0882. The highest BCUT2D eigenvalue weighted by Gasteiger charge is 2.38. The van der Waals surface area contributed by atoms with Crippen LogP contribution in [0.15, 0.2) is 140 Å². The van der Waals surface area contributed by atoms with Gasteiger partial charge in [-0.3, -0.25) is 0 Å². The van der Waals surface area contributed by atoms with Crippen molar-refractivity contribution < 1.29 is 9.84 Å². The first-order valence-electron chi connectivity index (χ1n) is 12.7. The summed E-state index contributed by atoms with van der Waals surface area (Å²) in [6.45, 7) is 0. The molecule has 38 heavy (non-hydrogen) atoms. The number of rotatable bonds is 7. The fourth-order valence-electron chi connectivity index (χ4n) is 5.36. The van der Waals surface area contributed by atoms with Crippen LogP contribution >= 0.6 is 0 Å². The Bertz CT molecular complexity index is 1560. The van der Waals surface area contributed by atoms with Crippen molar-refractivity contribution in [2.24, 2.45) is 0 Å². The zero-order chi connectivity index (χ0) is 26.0. The van der Waals surface area contributed by atoms with Crippen LogP contribution in [0.5, 0.6) is 5.75 Å². The number of nitrogens with zero attached hydrogens (tertiary/aromatic N) is 2. The molecule has 0 saturated heterocycles. The van der Waals surface area contributed by atoms with Gasteiger partial charge in [-0.2, -0.15) is 0 Å². The second-order valence-electron chi connectivity index (χ2n) is 9.39. The van der Waals surface area contributed by atoms with Gasteiger partial charge in [0.25, 0.3) is 0 Å². The summed E-state index contributed by atoms with van der Waals surface area (Å²) in [5.74, 6) is 0.809. The lowest BCUT2D eigenvalue weighted by Gasteiger charge is -2.37. The van der Waals surface area contributed by atoms with Crippen LogP contribution < -0.4 is 4.74 Å². The number of benzene rings is 5. The minimum Gasteiger partial charge on any atom is -0.497 e. The molecule has 0 fully saturated rings. The van der Waals surface area contributed by atoms with Gasteiger partial charge in [-0.25, -0.2) is 4.98 Å². The molecule has 0 aliphatic rings. The van der Waals surface area contributed by atoms with E-state index in [-0.39, 0.29) is 0 Å². The van der Waals surface area contributed by atoms with Gasteiger partial charge >= 0.3 is 0 Å². The molecule has 6 rings (SSSR count). The Hall–Kier alpha value is -4.67. The molecule has 5 aromatic carbocycles. The topological polar surface area (TPSA) is 47.3 Å². The summed E-state index contributed by atoms with van der Waals surface area (Å²) in [4.78, 5) is 4.74. The van der Waals surface area contributed by atoms with Gasteiger partial charge in [-0.1, -0.05) is 109 Å². The molecule has 0 saturated carbocycles. The standard InChI is InChI=1S/C34H28N2O2/c1-38-31-20-19-25-21-27(18-17-26(25)22-31)33(37)32-23-36(24-35-32)34(28-11-5-2-6-12-28,29-13-7-3-8-14-29)30-15-9-4-10-16-30/h2-24,33,37H,1H3. The number of methoxy groups -OCH3 is 1. The van der Waals surface area contributed by atoms with Crippen LogP contribution in [0.4, 0.5) is 0 Å². The first kappa shape index (κ1) is 23.7. The van der Waals surface area contributed by atoms with Crippen molar-refractivity contribution >= 4 is 10.8 Å². The van der Waals surface area contributed by atoms with E-state index in [1.165, 1.54) is 0 Å². The van der Waals surface area contributed by atoms with Gasteiger partial charge in [0.2, 0.25) is 0 Å². The number of aromatic nitrogens is 2. The molecule has 1 heterocycles. The van der Waals surface area contributed by atoms with Gasteiger partial charge in [0, 0.05) is 6.20 Å². The van der Waals surface area contributed by atoms with Crippen molar-refractivity contribution in [1.29, 1.82) is 0 Å². The Morgan fingerprint density at radius 1 is 0.684 bits per heavy atom. The Balaban J connectivity index is 1.50. The van der Waals surface area contributed by atoms with Crippen LogP contribution in [-0.2, 0) is 5.54 Å². The monoisotopic (exact) mass is 496 g/mol. The predicted octanol–water partition coefficient (Wildman–Crippen LogP) is 6.97. The molecule has 0 spiro atoms. The lowest BCUT2D eigenvalue weighted by molar-refractivity contribution is 0.216. The third kappa shape index (κ3) is 4.05. The van der Waals surface area contributed by atoms with Crippen molar-refractivity contribution in [3.63, 3.8) is 0 Å². The van der Waals surface area contributed by atoms with E-state index >= 15 is 0 Å². The van der Waals surface area contributed by atoms with Crippen molar-refractivity contribution in [3.8, 4) is 5.75 Å². The van der Waals surface area contributed by atoms with Crippen LogP contribution in [0.1, 0.15) is 34.1 Å². The second-order valence-corrected chi connectivity index (χ2v) is 9.39. The average molecular weight is 497 g/mol. The Morgan fingerprint density at radius 2 is 1.21 bits per heavy atom. The fourth-order valence-corrected chi connectivity index (χ4v) is 5.36. The van der Waals surface area contributed by atoms with E-state index in [0.717, 1.165) is 38.8 Å². The molecule has 0 amide bonds. The van der Waals surface area contributed by atoms with E-state index in [4.69, 9.17) is 9.72 Å². The van der Waals surface area contributed by atoms with E-state index in [1.807, 2.05) is 67.1 Å². The lowest BCUT2D eigenvalue weighted by atomic mass is 9.77. The van der Waals surface area contributed by atoms with Gasteiger partial charge in [0.1, 0.15) is 17.4 Å². The highest BCUT2D eigenvalue weighted by atomic mass is 16.5. The molecule has 0 aliphatic heterocycles. The van der Waals surface area contributed by atoms with Gasteiger partial charge < -0.3 is 14.4 Å². The quantitative estimate of drug-likeness (QED) is 0.243. The lowest BCUT2D eigenvalue weighted by Crippen LogP contribution is -2.37. The van der Waals surface area contributed by atoms with Crippen molar-refractivity contribution in [3.05, 3.63) is 168 Å². The highest BCUT2D eigenvalue weighted by Crippen LogP contribution is 2.41. The molecule has 1 N–H and O–H groups in total. The summed E-state index contributed by atoms with van der Waals surface area (Å²) < 4.78 is 7.47. The maximum absolute atomic E-state index is 11.4. The van der Waals surface area contributed by atoms with Gasteiger partial charge in [-0.05, 0) is 51.2 Å². The molecular weight excluding hydrogens is 468 g/mol. The number of aliphatic hydroxyl groups is 1. The summed E-state index contributed by atoms with van der Waals surface area (Å²) >= 11 is 0. The largest absolute Gasteiger partial charge is 0.497 e. The third-order valence-electron chi connectivity index (χ3n) is 7.23. The summed E-state index contributed by atoms with van der Waals surface area (Å²) in [5, 5.41) is 13.5. The SMILES string of the molecule is COc1ccc2cc(C(O)c3cn(C(c4ccccc4)(c4ccccc4)c4ccccc4)cn3)ccc2c1. The van der Waals surface area contributed by atoms with E-state index in [0.29, 0.717) is 5.69 Å². The Morgan fingerprint density at radius 3 is 1.76 bits per heavy atom. The molecule has 6 aromatic rings. The Kier molecular flexibility index (Phi) is 6.24. The summed E-state index contributed by atoms with van der Waals surface area (Å²) in [5.41, 5.74) is 4.03. The molecule has 0 bridgehead atoms. The molecule has 1 aromatic heterocycles. The van der Waals surface area contributed by atoms with Crippen molar-refractivity contribution in [2.45, 2.75) is 11.6 Å².